The summed E-state index contributed by atoms with van der Waals surface area (Å²) in [6.07, 6.45) is -3.33. The number of hydrogen-bond acceptors (Lipinski definition) is 6. The molecular formula is C17H14ClF3N6OS. The molecule has 3 aromatic rings. The summed E-state index contributed by atoms with van der Waals surface area (Å²) in [5, 5.41) is 5.11. The van der Waals surface area contributed by atoms with Crippen molar-refractivity contribution in [2.24, 2.45) is 0 Å². The Morgan fingerprint density at radius 2 is 2.00 bits per heavy atom. The normalized spacial score (nSPS) is 11.4. The first kappa shape index (κ1) is 20.9. The zero-order chi connectivity index (χ0) is 21.2. The van der Waals surface area contributed by atoms with Gasteiger partial charge in [-0.1, -0.05) is 24.4 Å². The van der Waals surface area contributed by atoms with Crippen LogP contribution in [0.3, 0.4) is 0 Å². The van der Waals surface area contributed by atoms with Gasteiger partial charge in [0.2, 0.25) is 0 Å². The largest absolute Gasteiger partial charge is 0.418 e. The van der Waals surface area contributed by atoms with Crippen LogP contribution in [0.15, 0.2) is 36.5 Å². The number of aromatic nitrogens is 3. The molecule has 12 heteroatoms. The Morgan fingerprint density at radius 1 is 1.24 bits per heavy atom. The van der Waals surface area contributed by atoms with Crippen LogP contribution in [-0.4, -0.2) is 27.5 Å². The molecule has 0 fully saturated rings. The Balaban J connectivity index is 1.95. The van der Waals surface area contributed by atoms with Crippen molar-refractivity contribution in [2.45, 2.75) is 13.1 Å². The van der Waals surface area contributed by atoms with Gasteiger partial charge in [-0.3, -0.25) is 0 Å². The number of urea groups is 1. The van der Waals surface area contributed by atoms with E-state index in [-0.39, 0.29) is 28.0 Å². The Morgan fingerprint density at radius 3 is 2.69 bits per heavy atom. The Kier molecular flexibility index (Phi) is 5.99. The van der Waals surface area contributed by atoms with E-state index in [0.29, 0.717) is 12.1 Å². The van der Waals surface area contributed by atoms with Gasteiger partial charge in [0.15, 0.2) is 11.5 Å². The van der Waals surface area contributed by atoms with Gasteiger partial charge in [-0.05, 0) is 37.3 Å². The van der Waals surface area contributed by atoms with Gasteiger partial charge in [0.1, 0.15) is 11.3 Å². The Hall–Kier alpha value is -2.79. The second kappa shape index (κ2) is 8.29. The topological polar surface area (TPSA) is 83.0 Å². The first-order chi connectivity index (χ1) is 13.7. The number of thiol groups is 1. The Bertz CT molecular complexity index is 1070. The summed E-state index contributed by atoms with van der Waals surface area (Å²) in [4.78, 5) is 24.4. The number of fused-ring (bicyclic) bond motifs is 1. The second-order valence-electron chi connectivity index (χ2n) is 5.73. The third-order valence-electron chi connectivity index (χ3n) is 3.68. The average molecular weight is 443 g/mol. The number of amides is 2. The zero-order valence-corrected chi connectivity index (χ0v) is 16.5. The van der Waals surface area contributed by atoms with Gasteiger partial charge < -0.3 is 10.6 Å². The minimum atomic E-state index is -4.61. The van der Waals surface area contributed by atoms with Gasteiger partial charge in [-0.15, -0.1) is 0 Å². The molecular weight excluding hydrogens is 429 g/mol. The number of anilines is 3. The summed E-state index contributed by atoms with van der Waals surface area (Å²) in [5.74, 6) is 0.222. The molecule has 29 heavy (non-hydrogen) atoms. The molecule has 0 aliphatic heterocycles. The van der Waals surface area contributed by atoms with Crippen LogP contribution in [0.25, 0.3) is 11.2 Å². The lowest BCUT2D eigenvalue weighted by Crippen LogP contribution is -2.34. The molecule has 3 rings (SSSR count). The molecule has 1 aromatic carbocycles. The van der Waals surface area contributed by atoms with Crippen molar-refractivity contribution < 1.29 is 18.0 Å². The molecule has 0 atom stereocenters. The smallest absolute Gasteiger partial charge is 0.338 e. The summed E-state index contributed by atoms with van der Waals surface area (Å²) in [5.41, 5.74) is -0.654. The van der Waals surface area contributed by atoms with E-state index in [1.54, 1.807) is 13.0 Å². The van der Waals surface area contributed by atoms with Gasteiger partial charge in [0.25, 0.3) is 0 Å². The van der Waals surface area contributed by atoms with E-state index >= 15 is 0 Å². The number of pyridine rings is 1. The monoisotopic (exact) mass is 442 g/mol. The lowest BCUT2D eigenvalue weighted by Gasteiger charge is -2.16. The van der Waals surface area contributed by atoms with Crippen LogP contribution in [0.4, 0.5) is 35.3 Å². The molecule has 2 amide bonds. The van der Waals surface area contributed by atoms with Crippen molar-refractivity contribution in [3.8, 4) is 0 Å². The van der Waals surface area contributed by atoms with Gasteiger partial charge in [-0.2, -0.15) is 13.2 Å². The van der Waals surface area contributed by atoms with E-state index in [0.717, 1.165) is 10.4 Å². The molecule has 0 saturated heterocycles. The first-order valence-corrected chi connectivity index (χ1v) is 9.01. The third kappa shape index (κ3) is 4.80. The number of hydrogen-bond donors (Lipinski definition) is 3. The summed E-state index contributed by atoms with van der Waals surface area (Å²) >= 11 is 9.78. The number of benzene rings is 1. The van der Waals surface area contributed by atoms with Crippen LogP contribution in [0, 0.1) is 0 Å². The third-order valence-corrected chi connectivity index (χ3v) is 4.30. The number of carbonyl (C=O) groups excluding carboxylic acids is 1. The second-order valence-corrected chi connectivity index (χ2v) is 6.56. The van der Waals surface area contributed by atoms with E-state index in [1.165, 1.54) is 24.4 Å². The molecule has 0 bridgehead atoms. The van der Waals surface area contributed by atoms with Crippen LogP contribution >= 0.6 is 24.4 Å². The fourth-order valence-electron chi connectivity index (χ4n) is 2.39. The highest BCUT2D eigenvalue weighted by Crippen LogP contribution is 2.37. The van der Waals surface area contributed by atoms with E-state index in [2.05, 4.69) is 38.4 Å². The van der Waals surface area contributed by atoms with E-state index in [4.69, 9.17) is 11.6 Å². The van der Waals surface area contributed by atoms with Crippen molar-refractivity contribution in [3.05, 3.63) is 47.1 Å². The number of rotatable bonds is 4. The van der Waals surface area contributed by atoms with Crippen LogP contribution in [0.5, 0.6) is 0 Å². The lowest BCUT2D eigenvalue weighted by molar-refractivity contribution is -0.136. The van der Waals surface area contributed by atoms with Crippen molar-refractivity contribution in [1.82, 2.24) is 20.3 Å². The van der Waals surface area contributed by atoms with Crippen molar-refractivity contribution in [1.29, 1.82) is 0 Å². The SMILES string of the molecule is CCNC(=O)N(S)c1ccc2ncc(Nc3ccc(Cl)cc3C(F)(F)F)nc2n1. The van der Waals surface area contributed by atoms with Crippen LogP contribution in [0.1, 0.15) is 12.5 Å². The standard InChI is InChI=1S/C17H14ClF3N6OS/c1-2-22-16(28)27(29)14-6-5-12-15(26-14)25-13(8-23-12)24-11-4-3-9(18)7-10(11)17(19,20)21/h3-8,29H,2H2,1H3,(H,22,28)(H,24,25,26). The molecule has 0 radical (unpaired) electrons. The molecule has 152 valence electrons. The maximum Gasteiger partial charge on any atom is 0.418 e. The van der Waals surface area contributed by atoms with Crippen LogP contribution in [-0.2, 0) is 6.18 Å². The molecule has 2 N–H and O–H groups in total. The minimum Gasteiger partial charge on any atom is -0.338 e. The summed E-state index contributed by atoms with van der Waals surface area (Å²) in [6, 6.07) is 5.95. The predicted molar refractivity (Wildman–Crippen MR) is 108 cm³/mol. The highest BCUT2D eigenvalue weighted by molar-refractivity contribution is 7.82. The highest BCUT2D eigenvalue weighted by Gasteiger charge is 2.34. The quantitative estimate of drug-likeness (QED) is 0.504. The Labute approximate surface area is 173 Å². The first-order valence-electron chi connectivity index (χ1n) is 8.23. The van der Waals surface area contributed by atoms with Gasteiger partial charge in [0.05, 0.1) is 17.4 Å². The van der Waals surface area contributed by atoms with E-state index in [1.807, 2.05) is 0 Å². The molecule has 2 heterocycles. The van der Waals surface area contributed by atoms with E-state index < -0.39 is 17.8 Å². The minimum absolute atomic E-state index is 0.0405. The fraction of sp³-hybridized carbons (Fsp3) is 0.176. The van der Waals surface area contributed by atoms with Crippen LogP contribution < -0.4 is 14.9 Å². The van der Waals surface area contributed by atoms with Gasteiger partial charge in [-0.25, -0.2) is 24.1 Å². The molecule has 7 nitrogen and oxygen atoms in total. The maximum absolute atomic E-state index is 13.3. The molecule has 0 spiro atoms. The number of carbonyl (C=O) groups is 1. The molecule has 0 unspecified atom stereocenters. The summed E-state index contributed by atoms with van der Waals surface area (Å²) < 4.78 is 40.8. The number of nitrogens with zero attached hydrogens (tertiary/aromatic N) is 4. The molecule has 0 aliphatic carbocycles. The number of alkyl halides is 3. The van der Waals surface area contributed by atoms with Gasteiger partial charge in [0, 0.05) is 11.6 Å². The maximum atomic E-state index is 13.3. The fourth-order valence-corrected chi connectivity index (χ4v) is 2.75. The van der Waals surface area contributed by atoms with Crippen LogP contribution in [0.2, 0.25) is 5.02 Å². The summed E-state index contributed by atoms with van der Waals surface area (Å²) in [7, 11) is 0. The highest BCUT2D eigenvalue weighted by atomic mass is 35.5. The predicted octanol–water partition coefficient (Wildman–Crippen LogP) is 4.82. The molecule has 0 saturated carbocycles. The molecule has 0 aliphatic rings. The number of nitrogens with one attached hydrogen (secondary N) is 2. The van der Waals surface area contributed by atoms with Crippen molar-refractivity contribution in [3.63, 3.8) is 0 Å². The lowest BCUT2D eigenvalue weighted by atomic mass is 10.1. The van der Waals surface area contributed by atoms with Crippen molar-refractivity contribution >= 4 is 58.9 Å². The summed E-state index contributed by atoms with van der Waals surface area (Å²) in [6.45, 7) is 2.16. The zero-order valence-electron chi connectivity index (χ0n) is 14.8. The average Bonchev–Trinajstić information content (AvgIpc) is 2.67. The molecule has 2 aromatic heterocycles. The van der Waals surface area contributed by atoms with Crippen molar-refractivity contribution in [2.75, 3.05) is 16.2 Å². The van der Waals surface area contributed by atoms with Gasteiger partial charge >= 0.3 is 12.2 Å². The van der Waals surface area contributed by atoms with E-state index in [9.17, 15) is 18.0 Å². The number of halogens is 4.